The van der Waals surface area contributed by atoms with E-state index in [1.165, 1.54) is 0 Å². The van der Waals surface area contributed by atoms with Crippen LogP contribution >= 0.6 is 0 Å². The number of carbonyl (C=O) groups is 1. The van der Waals surface area contributed by atoms with Crippen LogP contribution in [0.1, 0.15) is 24.0 Å². The SMILES string of the molecule is Cc1cccc(C2(C(=O)O)CC(N)C2)c1F. The molecule has 86 valence electrons. The summed E-state index contributed by atoms with van der Waals surface area (Å²) in [6, 6.07) is 4.72. The van der Waals surface area contributed by atoms with Crippen LogP contribution in [-0.4, -0.2) is 17.1 Å². The van der Waals surface area contributed by atoms with Gasteiger partial charge in [-0.3, -0.25) is 4.79 Å². The molecule has 0 heterocycles. The minimum atomic E-state index is -1.12. The van der Waals surface area contributed by atoms with Gasteiger partial charge in [0.2, 0.25) is 0 Å². The van der Waals surface area contributed by atoms with Gasteiger partial charge in [-0.25, -0.2) is 4.39 Å². The lowest BCUT2D eigenvalue weighted by Crippen LogP contribution is -2.54. The van der Waals surface area contributed by atoms with Gasteiger partial charge in [-0.1, -0.05) is 18.2 Å². The number of benzene rings is 1. The van der Waals surface area contributed by atoms with Crippen LogP contribution in [0.3, 0.4) is 0 Å². The van der Waals surface area contributed by atoms with Gasteiger partial charge in [0.25, 0.3) is 0 Å². The van der Waals surface area contributed by atoms with Crippen LogP contribution in [0.2, 0.25) is 0 Å². The molecule has 0 aromatic heterocycles. The van der Waals surface area contributed by atoms with Crippen molar-refractivity contribution < 1.29 is 14.3 Å². The second-order valence-corrected chi connectivity index (χ2v) is 4.49. The number of aryl methyl sites for hydroxylation is 1. The van der Waals surface area contributed by atoms with E-state index >= 15 is 0 Å². The van der Waals surface area contributed by atoms with Crippen molar-refractivity contribution >= 4 is 5.97 Å². The predicted octanol–water partition coefficient (Wildman–Crippen LogP) is 1.58. The lowest BCUT2D eigenvalue weighted by Gasteiger charge is -2.43. The number of halogens is 1. The number of nitrogens with two attached hydrogens (primary N) is 1. The molecule has 3 nitrogen and oxygen atoms in total. The summed E-state index contributed by atoms with van der Waals surface area (Å²) in [7, 11) is 0. The molecule has 1 aromatic rings. The highest BCUT2D eigenvalue weighted by Gasteiger charge is 2.51. The summed E-state index contributed by atoms with van der Waals surface area (Å²) in [5, 5.41) is 9.25. The maximum Gasteiger partial charge on any atom is 0.314 e. The Balaban J connectivity index is 2.49. The molecule has 0 bridgehead atoms. The van der Waals surface area contributed by atoms with Crippen LogP contribution < -0.4 is 5.73 Å². The Morgan fingerprint density at radius 1 is 1.56 bits per heavy atom. The van der Waals surface area contributed by atoms with E-state index in [4.69, 9.17) is 5.73 Å². The normalized spacial score (nSPS) is 28.6. The van der Waals surface area contributed by atoms with Gasteiger partial charge in [0, 0.05) is 11.6 Å². The second-order valence-electron chi connectivity index (χ2n) is 4.49. The van der Waals surface area contributed by atoms with Crippen molar-refractivity contribution in [1.82, 2.24) is 0 Å². The first-order valence-corrected chi connectivity index (χ1v) is 5.22. The number of aliphatic carboxylic acids is 1. The maximum atomic E-state index is 13.9. The topological polar surface area (TPSA) is 63.3 Å². The minimum absolute atomic E-state index is 0.143. The third-order valence-corrected chi connectivity index (χ3v) is 3.34. The molecule has 1 saturated carbocycles. The Hall–Kier alpha value is -1.42. The van der Waals surface area contributed by atoms with E-state index in [0.29, 0.717) is 18.4 Å². The van der Waals surface area contributed by atoms with Gasteiger partial charge in [0.15, 0.2) is 0 Å². The van der Waals surface area contributed by atoms with E-state index < -0.39 is 17.2 Å². The van der Waals surface area contributed by atoms with Gasteiger partial charge in [-0.15, -0.1) is 0 Å². The van der Waals surface area contributed by atoms with Crippen LogP contribution in [0.4, 0.5) is 4.39 Å². The van der Waals surface area contributed by atoms with Gasteiger partial charge in [0.05, 0.1) is 5.41 Å². The number of carboxylic acids is 1. The van der Waals surface area contributed by atoms with E-state index in [0.717, 1.165) is 0 Å². The largest absolute Gasteiger partial charge is 0.481 e. The molecule has 2 rings (SSSR count). The highest BCUT2D eigenvalue weighted by atomic mass is 19.1. The molecular formula is C12H14FNO2. The van der Waals surface area contributed by atoms with E-state index in [1.807, 2.05) is 0 Å². The Kier molecular flexibility index (Phi) is 2.46. The molecule has 16 heavy (non-hydrogen) atoms. The van der Waals surface area contributed by atoms with Gasteiger partial charge < -0.3 is 10.8 Å². The molecular weight excluding hydrogens is 209 g/mol. The van der Waals surface area contributed by atoms with Crippen LogP contribution in [0.5, 0.6) is 0 Å². The third kappa shape index (κ3) is 1.41. The first kappa shape index (κ1) is 11.1. The third-order valence-electron chi connectivity index (χ3n) is 3.34. The Bertz CT molecular complexity index is 439. The van der Waals surface area contributed by atoms with E-state index in [9.17, 15) is 14.3 Å². The zero-order chi connectivity index (χ0) is 11.9. The molecule has 4 heteroatoms. The predicted molar refractivity (Wildman–Crippen MR) is 57.7 cm³/mol. The zero-order valence-corrected chi connectivity index (χ0v) is 9.03. The van der Waals surface area contributed by atoms with Gasteiger partial charge in [-0.05, 0) is 25.3 Å². The van der Waals surface area contributed by atoms with Crippen LogP contribution in [-0.2, 0) is 10.2 Å². The van der Waals surface area contributed by atoms with Gasteiger partial charge in [0.1, 0.15) is 5.82 Å². The highest BCUT2D eigenvalue weighted by molar-refractivity contribution is 5.83. The van der Waals surface area contributed by atoms with Crippen molar-refractivity contribution in [3.63, 3.8) is 0 Å². The van der Waals surface area contributed by atoms with Crippen LogP contribution in [0.15, 0.2) is 18.2 Å². The fourth-order valence-corrected chi connectivity index (χ4v) is 2.36. The summed E-state index contributed by atoms with van der Waals surface area (Å²) in [6.07, 6.45) is 0.616. The molecule has 0 atom stereocenters. The Labute approximate surface area is 93.1 Å². The number of rotatable bonds is 2. The lowest BCUT2D eigenvalue weighted by molar-refractivity contribution is -0.148. The summed E-state index contributed by atoms with van der Waals surface area (Å²) < 4.78 is 13.9. The zero-order valence-electron chi connectivity index (χ0n) is 9.03. The van der Waals surface area contributed by atoms with Crippen LogP contribution in [0.25, 0.3) is 0 Å². The molecule has 0 aliphatic heterocycles. The first-order valence-electron chi connectivity index (χ1n) is 5.22. The quantitative estimate of drug-likeness (QED) is 0.800. The van der Waals surface area contributed by atoms with Crippen molar-refractivity contribution in [3.8, 4) is 0 Å². The van der Waals surface area contributed by atoms with Gasteiger partial charge in [-0.2, -0.15) is 0 Å². The fourth-order valence-electron chi connectivity index (χ4n) is 2.36. The molecule has 0 spiro atoms. The summed E-state index contributed by atoms with van der Waals surface area (Å²) in [5.74, 6) is -1.41. The minimum Gasteiger partial charge on any atom is -0.481 e. The molecule has 1 fully saturated rings. The first-order chi connectivity index (χ1) is 7.47. The van der Waals surface area contributed by atoms with Crippen LogP contribution in [0, 0.1) is 12.7 Å². The van der Waals surface area contributed by atoms with E-state index in [2.05, 4.69) is 0 Å². The molecule has 0 unspecified atom stereocenters. The molecule has 1 aliphatic carbocycles. The standard InChI is InChI=1S/C12H14FNO2/c1-7-3-2-4-9(10(7)13)12(11(15)16)5-8(14)6-12/h2-4,8H,5-6,14H2,1H3,(H,15,16). The number of carboxylic acid groups (broad SMARTS) is 1. The smallest absolute Gasteiger partial charge is 0.314 e. The Morgan fingerprint density at radius 2 is 2.19 bits per heavy atom. The van der Waals surface area contributed by atoms with E-state index in [1.54, 1.807) is 25.1 Å². The summed E-state index contributed by atoms with van der Waals surface area (Å²) >= 11 is 0. The molecule has 1 aromatic carbocycles. The molecule has 1 aliphatic rings. The highest BCUT2D eigenvalue weighted by Crippen LogP contribution is 2.44. The van der Waals surface area contributed by atoms with Crippen molar-refractivity contribution in [1.29, 1.82) is 0 Å². The van der Waals surface area contributed by atoms with Crippen molar-refractivity contribution in [2.24, 2.45) is 5.73 Å². The monoisotopic (exact) mass is 223 g/mol. The summed E-state index contributed by atoms with van der Waals surface area (Å²) in [4.78, 5) is 11.3. The van der Waals surface area contributed by atoms with E-state index in [-0.39, 0.29) is 11.6 Å². The van der Waals surface area contributed by atoms with Crippen molar-refractivity contribution in [3.05, 3.63) is 35.1 Å². The second kappa shape index (κ2) is 3.56. The van der Waals surface area contributed by atoms with Gasteiger partial charge >= 0.3 is 5.97 Å². The fraction of sp³-hybridized carbons (Fsp3) is 0.417. The summed E-state index contributed by atoms with van der Waals surface area (Å²) in [6.45, 7) is 1.63. The van der Waals surface area contributed by atoms with Crippen molar-refractivity contribution in [2.45, 2.75) is 31.2 Å². The molecule has 3 N–H and O–H groups in total. The lowest BCUT2D eigenvalue weighted by atomic mass is 9.61. The average molecular weight is 223 g/mol. The maximum absolute atomic E-state index is 13.9. The summed E-state index contributed by atoms with van der Waals surface area (Å²) in [5.41, 5.74) is 5.25. The molecule has 0 radical (unpaired) electrons. The average Bonchev–Trinajstić information content (AvgIpc) is 2.17. The number of hydrogen-bond donors (Lipinski definition) is 2. The molecule has 0 amide bonds. The molecule has 0 saturated heterocycles. The Morgan fingerprint density at radius 3 is 2.69 bits per heavy atom. The number of hydrogen-bond acceptors (Lipinski definition) is 2. The van der Waals surface area contributed by atoms with Crippen molar-refractivity contribution in [2.75, 3.05) is 0 Å².